The van der Waals surface area contributed by atoms with E-state index in [9.17, 15) is 9.32 Å². The highest BCUT2D eigenvalue weighted by molar-refractivity contribution is 5.77. The van der Waals surface area contributed by atoms with Gasteiger partial charge >= 0.3 is 5.97 Å². The smallest absolute Gasteiger partial charge is 0.254 e. The average molecular weight is 172 g/mol. The molecular weight excluding hydrogens is 159 g/mol. The molecular formula is C9H13FO2. The Morgan fingerprint density at radius 3 is 2.08 bits per heavy atom. The average Bonchev–Trinajstić information content (AvgIpc) is 2.02. The Hall–Kier alpha value is -1.04. The fourth-order valence-electron chi connectivity index (χ4n) is 0.532. The minimum absolute atomic E-state index is 0.726. The highest BCUT2D eigenvalue weighted by Crippen LogP contribution is 2.38. The van der Waals surface area contributed by atoms with E-state index in [1.165, 1.54) is 0 Å². The monoisotopic (exact) mass is 172 g/mol. The van der Waals surface area contributed by atoms with Crippen molar-refractivity contribution in [3.63, 3.8) is 0 Å². The maximum atomic E-state index is 11.6. The molecule has 12 heavy (non-hydrogen) atoms. The van der Waals surface area contributed by atoms with Gasteiger partial charge in [-0.3, -0.25) is 4.94 Å². The maximum Gasteiger partial charge on any atom is 0.355 e. The lowest BCUT2D eigenvalue weighted by Crippen LogP contribution is -2.39. The number of rotatable bonds is 2. The van der Waals surface area contributed by atoms with Gasteiger partial charge in [0.15, 0.2) is 0 Å². The summed E-state index contributed by atoms with van der Waals surface area (Å²) in [5.41, 5.74) is -1.74. The Balaban J connectivity index is 4.87. The van der Waals surface area contributed by atoms with Crippen molar-refractivity contribution in [3.8, 4) is 12.3 Å². The normalized spacial score (nSPS) is 12.0. The molecule has 0 atom stereocenters. The van der Waals surface area contributed by atoms with Crippen LogP contribution in [0.15, 0.2) is 0 Å². The predicted octanol–water partition coefficient (Wildman–Crippen LogP) is 2.10. The molecule has 0 amide bonds. The molecule has 0 aliphatic carbocycles. The zero-order valence-corrected chi connectivity index (χ0v) is 7.77. The first-order valence-corrected chi connectivity index (χ1v) is 3.60. The van der Waals surface area contributed by atoms with E-state index in [2.05, 4.69) is 10.9 Å². The van der Waals surface area contributed by atoms with Crippen LogP contribution in [0.5, 0.6) is 0 Å². The summed E-state index contributed by atoms with van der Waals surface area (Å²) in [4.78, 5) is 14.1. The van der Waals surface area contributed by atoms with Crippen molar-refractivity contribution in [3.05, 3.63) is 0 Å². The van der Waals surface area contributed by atoms with Crippen LogP contribution in [-0.2, 0) is 9.74 Å². The predicted molar refractivity (Wildman–Crippen MR) is 43.6 cm³/mol. The van der Waals surface area contributed by atoms with Crippen LogP contribution in [0.25, 0.3) is 0 Å². The summed E-state index contributed by atoms with van der Waals surface area (Å²) >= 11 is 0. The first-order chi connectivity index (χ1) is 5.29. The fraction of sp³-hybridized carbons (Fsp3) is 0.667. The maximum absolute atomic E-state index is 11.6. The molecule has 0 N–H and O–H groups in total. The van der Waals surface area contributed by atoms with Crippen LogP contribution >= 0.6 is 0 Å². The molecule has 3 heteroatoms. The molecule has 0 aliphatic heterocycles. The first-order valence-electron chi connectivity index (χ1n) is 3.60. The van der Waals surface area contributed by atoms with Crippen molar-refractivity contribution in [2.45, 2.75) is 27.7 Å². The molecule has 0 saturated heterocycles. The van der Waals surface area contributed by atoms with Gasteiger partial charge in [-0.05, 0) is 27.7 Å². The molecule has 0 bridgehead atoms. The van der Waals surface area contributed by atoms with Crippen molar-refractivity contribution < 1.29 is 14.3 Å². The number of hydrogen-bond donors (Lipinski definition) is 0. The molecule has 0 unspecified atom stereocenters. The highest BCUT2D eigenvalue weighted by Gasteiger charge is 2.44. The lowest BCUT2D eigenvalue weighted by Gasteiger charge is -2.33. The topological polar surface area (TPSA) is 26.3 Å². The summed E-state index contributed by atoms with van der Waals surface area (Å²) in [5.74, 6) is 1.49. The molecule has 68 valence electrons. The van der Waals surface area contributed by atoms with E-state index in [0.717, 1.165) is 0 Å². The van der Waals surface area contributed by atoms with Gasteiger partial charge < -0.3 is 0 Å². The van der Waals surface area contributed by atoms with Crippen molar-refractivity contribution in [2.75, 3.05) is 0 Å². The summed E-state index contributed by atoms with van der Waals surface area (Å²) in [7, 11) is 0. The van der Waals surface area contributed by atoms with E-state index in [-0.39, 0.29) is 0 Å². The van der Waals surface area contributed by atoms with Gasteiger partial charge in [-0.2, -0.15) is 0 Å². The minimum Gasteiger partial charge on any atom is -0.254 e. The number of hydrogen-bond acceptors (Lipinski definition) is 2. The number of carbonyl (C=O) groups excluding carboxylic acids is 1. The van der Waals surface area contributed by atoms with Gasteiger partial charge in [-0.1, -0.05) is 5.92 Å². The number of terminal acetylenes is 1. The van der Waals surface area contributed by atoms with Gasteiger partial charge in [0.05, 0.1) is 5.41 Å². The number of carbonyl (C=O) groups is 1. The third-order valence-electron chi connectivity index (χ3n) is 2.50. The summed E-state index contributed by atoms with van der Waals surface area (Å²) in [6.07, 6.45) is 5.20. The third-order valence-corrected chi connectivity index (χ3v) is 2.50. The van der Waals surface area contributed by atoms with Crippen molar-refractivity contribution in [2.24, 2.45) is 10.8 Å². The molecule has 0 rings (SSSR count). The first kappa shape index (κ1) is 11.0. The standard InChI is InChI=1S/C9H13FO2/c1-6-8(2,3)9(4,5)7(11)12-10/h1H,2-5H3. The Morgan fingerprint density at radius 1 is 1.42 bits per heavy atom. The van der Waals surface area contributed by atoms with Crippen LogP contribution < -0.4 is 0 Å². The molecule has 0 aromatic rings. The molecule has 0 aromatic carbocycles. The van der Waals surface area contributed by atoms with Crippen molar-refractivity contribution in [1.29, 1.82) is 0 Å². The number of halogens is 1. The molecule has 0 aromatic heterocycles. The largest absolute Gasteiger partial charge is 0.355 e. The van der Waals surface area contributed by atoms with E-state index in [0.29, 0.717) is 0 Å². The lowest BCUT2D eigenvalue weighted by atomic mass is 9.68. The second-order valence-corrected chi connectivity index (χ2v) is 3.76. The second-order valence-electron chi connectivity index (χ2n) is 3.76. The van der Waals surface area contributed by atoms with E-state index >= 15 is 0 Å². The zero-order valence-electron chi connectivity index (χ0n) is 7.77. The Bertz CT molecular complexity index is 223. The summed E-state index contributed by atoms with van der Waals surface area (Å²) in [5, 5.41) is 0. The van der Waals surface area contributed by atoms with Gasteiger partial charge in [0.2, 0.25) is 0 Å². The van der Waals surface area contributed by atoms with Crippen LogP contribution in [0.4, 0.5) is 4.53 Å². The quantitative estimate of drug-likeness (QED) is 0.596. The molecule has 0 saturated carbocycles. The molecule has 0 spiro atoms. The summed E-state index contributed by atoms with van der Waals surface area (Å²) in [6.45, 7) is 6.47. The van der Waals surface area contributed by atoms with E-state index in [4.69, 9.17) is 6.42 Å². The van der Waals surface area contributed by atoms with Crippen LogP contribution in [0.3, 0.4) is 0 Å². The van der Waals surface area contributed by atoms with Crippen LogP contribution in [0, 0.1) is 23.2 Å². The van der Waals surface area contributed by atoms with Gasteiger partial charge in [0.25, 0.3) is 0 Å². The second kappa shape index (κ2) is 3.14. The molecule has 0 fully saturated rings. The van der Waals surface area contributed by atoms with E-state index in [1.807, 2.05) is 0 Å². The van der Waals surface area contributed by atoms with E-state index in [1.54, 1.807) is 27.7 Å². The minimum atomic E-state index is -1.02. The lowest BCUT2D eigenvalue weighted by molar-refractivity contribution is -0.199. The van der Waals surface area contributed by atoms with Gasteiger partial charge in [0.1, 0.15) is 0 Å². The van der Waals surface area contributed by atoms with E-state index < -0.39 is 16.8 Å². The SMILES string of the molecule is C#CC(C)(C)C(C)(C)C(=O)OF. The van der Waals surface area contributed by atoms with Crippen molar-refractivity contribution >= 4 is 5.97 Å². The molecule has 0 heterocycles. The Kier molecular flexibility index (Phi) is 2.87. The Morgan fingerprint density at radius 2 is 1.83 bits per heavy atom. The van der Waals surface area contributed by atoms with Crippen LogP contribution in [0.1, 0.15) is 27.7 Å². The summed E-state index contributed by atoms with van der Waals surface area (Å²) < 4.78 is 11.6. The van der Waals surface area contributed by atoms with Gasteiger partial charge in [-0.15, -0.1) is 6.42 Å². The third kappa shape index (κ3) is 1.58. The van der Waals surface area contributed by atoms with Crippen molar-refractivity contribution in [1.82, 2.24) is 0 Å². The highest BCUT2D eigenvalue weighted by atomic mass is 19.3. The van der Waals surface area contributed by atoms with Gasteiger partial charge in [0, 0.05) is 9.94 Å². The fourth-order valence-corrected chi connectivity index (χ4v) is 0.532. The molecule has 2 nitrogen and oxygen atoms in total. The zero-order chi connectivity index (χ0) is 9.99. The van der Waals surface area contributed by atoms with Crippen LogP contribution in [-0.4, -0.2) is 5.97 Å². The summed E-state index contributed by atoms with van der Waals surface area (Å²) in [6, 6.07) is 0. The molecule has 0 aliphatic rings. The van der Waals surface area contributed by atoms with Crippen LogP contribution in [0.2, 0.25) is 0 Å². The Labute approximate surface area is 72.0 Å². The molecule has 0 radical (unpaired) electrons. The van der Waals surface area contributed by atoms with Gasteiger partial charge in [-0.25, -0.2) is 4.79 Å².